The van der Waals surface area contributed by atoms with Crippen LogP contribution in [-0.4, -0.2) is 30.1 Å². The summed E-state index contributed by atoms with van der Waals surface area (Å²) in [5.41, 5.74) is 2.20. The number of nitrogens with zero attached hydrogens (tertiary/aromatic N) is 2. The number of halogens is 2. The monoisotopic (exact) mass is 535 g/mol. The molecule has 0 saturated carbocycles. The number of nitriles is 1. The summed E-state index contributed by atoms with van der Waals surface area (Å²) in [4.78, 5) is 29.7. The van der Waals surface area contributed by atoms with E-state index in [9.17, 15) is 14.9 Å². The van der Waals surface area contributed by atoms with E-state index in [0.717, 1.165) is 11.3 Å². The number of hydrogen-bond donors (Lipinski definition) is 1. The number of nitrogens with one attached hydrogen (secondary N) is 1. The maximum Gasteiger partial charge on any atom is 0.348 e. The maximum absolute atomic E-state index is 12.6. The first-order chi connectivity index (χ1) is 16.3. The van der Waals surface area contributed by atoms with E-state index in [1.807, 2.05) is 0 Å². The molecular weight excluding hydrogens is 517 g/mol. The van der Waals surface area contributed by atoms with Crippen molar-refractivity contribution < 1.29 is 19.1 Å². The summed E-state index contributed by atoms with van der Waals surface area (Å²) in [6.07, 6.45) is 1.44. The smallest absolute Gasteiger partial charge is 0.348 e. The molecule has 2 aromatic heterocycles. The van der Waals surface area contributed by atoms with Gasteiger partial charge in [0.05, 0.1) is 29.5 Å². The fourth-order valence-corrected chi connectivity index (χ4v) is 5.30. The van der Waals surface area contributed by atoms with Crippen LogP contribution in [-0.2, 0) is 9.47 Å². The van der Waals surface area contributed by atoms with Gasteiger partial charge in [-0.1, -0.05) is 23.2 Å². The van der Waals surface area contributed by atoms with E-state index in [0.29, 0.717) is 36.9 Å². The molecule has 3 aromatic rings. The van der Waals surface area contributed by atoms with Crippen LogP contribution in [0.2, 0.25) is 10.0 Å². The third kappa shape index (κ3) is 5.59. The highest BCUT2D eigenvalue weighted by atomic mass is 35.5. The minimum Gasteiger partial charge on any atom is -0.462 e. The molecule has 0 atom stereocenters. The Hall–Kier alpha value is -2.90. The van der Waals surface area contributed by atoms with Gasteiger partial charge in [-0.3, -0.25) is 0 Å². The van der Waals surface area contributed by atoms with Crippen molar-refractivity contribution in [3.05, 3.63) is 60.8 Å². The first-order valence-corrected chi connectivity index (χ1v) is 12.5. The van der Waals surface area contributed by atoms with Crippen molar-refractivity contribution in [1.82, 2.24) is 4.98 Å². The highest BCUT2D eigenvalue weighted by Gasteiger charge is 2.26. The van der Waals surface area contributed by atoms with Crippen LogP contribution in [0.3, 0.4) is 0 Å². The molecule has 0 unspecified atom stereocenters. The van der Waals surface area contributed by atoms with Crippen molar-refractivity contribution in [1.29, 1.82) is 5.26 Å². The lowest BCUT2D eigenvalue weighted by Crippen LogP contribution is -2.09. The molecule has 0 aliphatic heterocycles. The zero-order valence-corrected chi connectivity index (χ0v) is 21.5. The second-order valence-electron chi connectivity index (χ2n) is 6.68. The van der Waals surface area contributed by atoms with Crippen LogP contribution >= 0.6 is 45.9 Å². The highest BCUT2D eigenvalue weighted by molar-refractivity contribution is 7.18. The number of carbonyl (C=O) groups is 2. The Morgan fingerprint density at radius 1 is 1.21 bits per heavy atom. The van der Waals surface area contributed by atoms with Crippen LogP contribution in [0, 0.1) is 18.3 Å². The van der Waals surface area contributed by atoms with Crippen LogP contribution in [0.4, 0.5) is 5.00 Å². The number of rotatable bonds is 8. The van der Waals surface area contributed by atoms with Crippen molar-refractivity contribution in [3.8, 4) is 17.3 Å². The number of thiophene rings is 1. The summed E-state index contributed by atoms with van der Waals surface area (Å²) in [6, 6.07) is 7.20. The van der Waals surface area contributed by atoms with Gasteiger partial charge in [-0.15, -0.1) is 22.7 Å². The molecule has 0 spiro atoms. The molecule has 0 amide bonds. The minimum absolute atomic E-state index is 0.177. The molecule has 34 heavy (non-hydrogen) atoms. The fraction of sp³-hybridized carbons (Fsp3) is 0.217. The summed E-state index contributed by atoms with van der Waals surface area (Å²) >= 11 is 14.6. The van der Waals surface area contributed by atoms with Gasteiger partial charge >= 0.3 is 11.9 Å². The molecule has 0 saturated heterocycles. The summed E-state index contributed by atoms with van der Waals surface area (Å²) in [6.45, 7) is 5.43. The topological polar surface area (TPSA) is 101 Å². The Kier molecular flexibility index (Phi) is 8.69. The number of ether oxygens (including phenoxy) is 2. The lowest BCUT2D eigenvalue weighted by molar-refractivity contribution is 0.0527. The number of carbonyl (C=O) groups excluding carboxylic acids is 2. The predicted octanol–water partition coefficient (Wildman–Crippen LogP) is 6.82. The third-order valence-corrected chi connectivity index (χ3v) is 7.12. The standard InChI is InChI=1S/C23H19Cl2N3O4S2/c1-4-31-22(29)18-12(3)19(23(30)32-5-2)34-21(18)27-10-13(9-26)20-28-17(11-33-20)15-7-6-14(24)8-16(15)25/h6-8,10-11,27H,4-5H2,1-3H3. The molecule has 0 fully saturated rings. The van der Waals surface area contributed by atoms with E-state index >= 15 is 0 Å². The molecule has 2 heterocycles. The lowest BCUT2D eigenvalue weighted by Gasteiger charge is -2.05. The lowest BCUT2D eigenvalue weighted by atomic mass is 10.1. The largest absolute Gasteiger partial charge is 0.462 e. The van der Waals surface area contributed by atoms with Gasteiger partial charge in [0.2, 0.25) is 0 Å². The molecule has 3 rings (SSSR count). The molecule has 0 aliphatic rings. The molecule has 1 aromatic carbocycles. The second kappa shape index (κ2) is 11.5. The molecule has 1 N–H and O–H groups in total. The van der Waals surface area contributed by atoms with Crippen LogP contribution in [0.5, 0.6) is 0 Å². The van der Waals surface area contributed by atoms with Crippen molar-refractivity contribution in [3.63, 3.8) is 0 Å². The Bertz CT molecular complexity index is 1310. The quantitative estimate of drug-likeness (QED) is 0.249. The van der Waals surface area contributed by atoms with Crippen molar-refractivity contribution in [2.45, 2.75) is 20.8 Å². The molecule has 0 radical (unpaired) electrons. The third-order valence-electron chi connectivity index (χ3n) is 4.50. The normalized spacial score (nSPS) is 11.1. The number of anilines is 1. The van der Waals surface area contributed by atoms with Gasteiger partial charge in [0, 0.05) is 22.2 Å². The second-order valence-corrected chi connectivity index (χ2v) is 9.40. The molecular formula is C23H19Cl2N3O4S2. The van der Waals surface area contributed by atoms with Crippen molar-refractivity contribution >= 4 is 68.4 Å². The van der Waals surface area contributed by atoms with Gasteiger partial charge in [-0.05, 0) is 44.5 Å². The summed E-state index contributed by atoms with van der Waals surface area (Å²) in [5.74, 6) is -1.10. The van der Waals surface area contributed by atoms with E-state index in [4.69, 9.17) is 32.7 Å². The molecule has 7 nitrogen and oxygen atoms in total. The number of allylic oxidation sites excluding steroid dienone is 1. The summed E-state index contributed by atoms with van der Waals surface area (Å²) < 4.78 is 10.2. The molecule has 0 bridgehead atoms. The number of benzene rings is 1. The number of aromatic nitrogens is 1. The van der Waals surface area contributed by atoms with Gasteiger partial charge in [-0.2, -0.15) is 5.26 Å². The summed E-state index contributed by atoms with van der Waals surface area (Å²) in [5, 5.41) is 16.2. The van der Waals surface area contributed by atoms with E-state index in [1.54, 1.807) is 44.4 Å². The maximum atomic E-state index is 12.6. The number of thiazole rings is 1. The summed E-state index contributed by atoms with van der Waals surface area (Å²) in [7, 11) is 0. The molecule has 0 aliphatic carbocycles. The first kappa shape index (κ1) is 25.7. The van der Waals surface area contributed by atoms with Gasteiger partial charge in [0.1, 0.15) is 26.5 Å². The van der Waals surface area contributed by atoms with E-state index in [2.05, 4.69) is 16.4 Å². The molecule has 11 heteroatoms. The van der Waals surface area contributed by atoms with Crippen LogP contribution < -0.4 is 5.32 Å². The average molecular weight is 536 g/mol. The van der Waals surface area contributed by atoms with Crippen molar-refractivity contribution in [2.75, 3.05) is 18.5 Å². The number of esters is 2. The van der Waals surface area contributed by atoms with Gasteiger partial charge in [0.15, 0.2) is 0 Å². The average Bonchev–Trinajstić information content (AvgIpc) is 3.39. The highest BCUT2D eigenvalue weighted by Crippen LogP contribution is 2.36. The molecule has 176 valence electrons. The first-order valence-electron chi connectivity index (χ1n) is 10.1. The Morgan fingerprint density at radius 3 is 2.56 bits per heavy atom. The van der Waals surface area contributed by atoms with Gasteiger partial charge < -0.3 is 14.8 Å². The van der Waals surface area contributed by atoms with Gasteiger partial charge in [0.25, 0.3) is 0 Å². The van der Waals surface area contributed by atoms with Gasteiger partial charge in [-0.25, -0.2) is 14.6 Å². The zero-order chi connectivity index (χ0) is 24.8. The SMILES string of the molecule is CCOC(=O)c1sc(NC=C(C#N)c2nc(-c3ccc(Cl)cc3Cl)cs2)c(C(=O)OCC)c1C. The Labute approximate surface area is 214 Å². The van der Waals surface area contributed by atoms with Crippen LogP contribution in [0.15, 0.2) is 29.8 Å². The Morgan fingerprint density at radius 2 is 1.91 bits per heavy atom. The zero-order valence-electron chi connectivity index (χ0n) is 18.4. The van der Waals surface area contributed by atoms with Crippen LogP contribution in [0.25, 0.3) is 16.8 Å². The Balaban J connectivity index is 1.95. The van der Waals surface area contributed by atoms with E-state index in [-0.39, 0.29) is 29.2 Å². The van der Waals surface area contributed by atoms with Crippen LogP contribution in [0.1, 0.15) is 44.4 Å². The predicted molar refractivity (Wildman–Crippen MR) is 136 cm³/mol. The van der Waals surface area contributed by atoms with Crippen molar-refractivity contribution in [2.24, 2.45) is 0 Å². The van der Waals surface area contributed by atoms with E-state index < -0.39 is 11.9 Å². The van der Waals surface area contributed by atoms with E-state index in [1.165, 1.54) is 17.5 Å². The minimum atomic E-state index is -0.574. The fourth-order valence-electron chi connectivity index (χ4n) is 2.95. The number of hydrogen-bond acceptors (Lipinski definition) is 9.